The highest BCUT2D eigenvalue weighted by Gasteiger charge is 2.12. The van der Waals surface area contributed by atoms with Gasteiger partial charge < -0.3 is 16.0 Å². The van der Waals surface area contributed by atoms with Crippen molar-refractivity contribution in [2.75, 3.05) is 11.9 Å². The number of benzene rings is 1. The summed E-state index contributed by atoms with van der Waals surface area (Å²) in [4.78, 5) is 26.0. The monoisotopic (exact) mass is 288 g/mol. The number of carbonyl (C=O) groups is 1. The van der Waals surface area contributed by atoms with Crippen molar-refractivity contribution in [1.29, 1.82) is 0 Å². The molecule has 2 aromatic rings. The fourth-order valence-electron chi connectivity index (χ4n) is 2.05. The number of rotatable bonds is 6. The van der Waals surface area contributed by atoms with Crippen LogP contribution in [0.2, 0.25) is 0 Å². The van der Waals surface area contributed by atoms with Crippen LogP contribution in [0.4, 0.5) is 5.69 Å². The van der Waals surface area contributed by atoms with E-state index in [2.05, 4.69) is 10.3 Å². The Balaban J connectivity index is 2.01. The lowest BCUT2D eigenvalue weighted by molar-refractivity contribution is -0.119. The van der Waals surface area contributed by atoms with E-state index in [1.54, 1.807) is 36.7 Å². The minimum Gasteiger partial charge on any atom is -0.330 e. The summed E-state index contributed by atoms with van der Waals surface area (Å²) in [6.45, 7) is 2.48. The van der Waals surface area contributed by atoms with E-state index < -0.39 is 0 Å². The van der Waals surface area contributed by atoms with E-state index in [1.807, 2.05) is 6.92 Å². The summed E-state index contributed by atoms with van der Waals surface area (Å²) in [7, 11) is 0. The fourth-order valence-corrected chi connectivity index (χ4v) is 2.05. The van der Waals surface area contributed by atoms with Crippen LogP contribution in [-0.4, -0.2) is 22.0 Å². The molecule has 0 saturated heterocycles. The SMILES string of the molecule is CC(CCCN)C(=O)Nc1ccc(-n2cc[nH]c2=O)cc1. The van der Waals surface area contributed by atoms with E-state index in [1.165, 1.54) is 4.57 Å². The number of aromatic amines is 1. The van der Waals surface area contributed by atoms with Gasteiger partial charge in [0.2, 0.25) is 5.91 Å². The first-order valence-electron chi connectivity index (χ1n) is 6.99. The fraction of sp³-hybridized carbons (Fsp3) is 0.333. The molecule has 0 aliphatic heterocycles. The first-order valence-corrected chi connectivity index (χ1v) is 6.99. The number of nitrogens with two attached hydrogens (primary N) is 1. The van der Waals surface area contributed by atoms with Gasteiger partial charge >= 0.3 is 5.69 Å². The molecule has 21 heavy (non-hydrogen) atoms. The molecule has 1 aromatic carbocycles. The number of hydrogen-bond acceptors (Lipinski definition) is 3. The molecule has 0 radical (unpaired) electrons. The minimum atomic E-state index is -0.192. The minimum absolute atomic E-state index is 0.0185. The van der Waals surface area contributed by atoms with E-state index >= 15 is 0 Å². The number of anilines is 1. The maximum atomic E-state index is 12.0. The number of nitrogens with one attached hydrogen (secondary N) is 2. The predicted molar refractivity (Wildman–Crippen MR) is 82.5 cm³/mol. The van der Waals surface area contributed by atoms with Crippen molar-refractivity contribution in [3.63, 3.8) is 0 Å². The highest BCUT2D eigenvalue weighted by atomic mass is 16.2. The molecule has 1 unspecified atom stereocenters. The van der Waals surface area contributed by atoms with Crippen LogP contribution in [-0.2, 0) is 4.79 Å². The molecule has 0 fully saturated rings. The van der Waals surface area contributed by atoms with Crippen LogP contribution in [0.25, 0.3) is 5.69 Å². The topological polar surface area (TPSA) is 92.9 Å². The lowest BCUT2D eigenvalue weighted by atomic mass is 10.0. The van der Waals surface area contributed by atoms with Crippen molar-refractivity contribution in [2.24, 2.45) is 11.7 Å². The van der Waals surface area contributed by atoms with Gasteiger partial charge in [0.05, 0.1) is 5.69 Å². The molecule has 1 amide bonds. The molecule has 0 aliphatic carbocycles. The molecule has 2 rings (SSSR count). The zero-order valence-electron chi connectivity index (χ0n) is 12.0. The molecule has 6 nitrogen and oxygen atoms in total. The van der Waals surface area contributed by atoms with Crippen LogP contribution in [0.5, 0.6) is 0 Å². The third kappa shape index (κ3) is 3.82. The van der Waals surface area contributed by atoms with Gasteiger partial charge in [-0.3, -0.25) is 9.36 Å². The zero-order valence-corrected chi connectivity index (χ0v) is 12.0. The molecule has 0 saturated carbocycles. The van der Waals surface area contributed by atoms with Crippen molar-refractivity contribution in [2.45, 2.75) is 19.8 Å². The van der Waals surface area contributed by atoms with Crippen molar-refractivity contribution in [3.05, 3.63) is 47.1 Å². The Hall–Kier alpha value is -2.34. The maximum absolute atomic E-state index is 12.0. The highest BCUT2D eigenvalue weighted by molar-refractivity contribution is 5.92. The van der Waals surface area contributed by atoms with E-state index in [0.717, 1.165) is 18.5 Å². The Morgan fingerprint density at radius 2 is 2.10 bits per heavy atom. The summed E-state index contributed by atoms with van der Waals surface area (Å²) in [5, 5.41) is 2.86. The number of hydrogen-bond donors (Lipinski definition) is 3. The van der Waals surface area contributed by atoms with Crippen molar-refractivity contribution < 1.29 is 4.79 Å². The Bertz CT molecular complexity index is 642. The van der Waals surface area contributed by atoms with Crippen LogP contribution < -0.4 is 16.7 Å². The molecule has 0 spiro atoms. The van der Waals surface area contributed by atoms with Gasteiger partial charge in [-0.1, -0.05) is 6.92 Å². The van der Waals surface area contributed by atoms with Gasteiger partial charge in [0.1, 0.15) is 0 Å². The van der Waals surface area contributed by atoms with Gasteiger partial charge in [0, 0.05) is 24.0 Å². The largest absolute Gasteiger partial charge is 0.330 e. The van der Waals surface area contributed by atoms with E-state index in [9.17, 15) is 9.59 Å². The average molecular weight is 288 g/mol. The third-order valence-corrected chi connectivity index (χ3v) is 3.35. The van der Waals surface area contributed by atoms with Crippen molar-refractivity contribution in [3.8, 4) is 5.69 Å². The van der Waals surface area contributed by atoms with Gasteiger partial charge in [-0.2, -0.15) is 0 Å². The summed E-state index contributed by atoms with van der Waals surface area (Å²) >= 11 is 0. The molecular weight excluding hydrogens is 268 g/mol. The van der Waals surface area contributed by atoms with Crippen LogP contribution >= 0.6 is 0 Å². The quantitative estimate of drug-likeness (QED) is 0.751. The standard InChI is InChI=1S/C15H20N4O2/c1-11(3-2-8-16)14(20)18-12-4-6-13(7-5-12)19-10-9-17-15(19)21/h4-7,9-11H,2-3,8,16H2,1H3,(H,17,21)(H,18,20). The highest BCUT2D eigenvalue weighted by Crippen LogP contribution is 2.14. The summed E-state index contributed by atoms with van der Waals surface area (Å²) < 4.78 is 1.50. The molecule has 112 valence electrons. The lowest BCUT2D eigenvalue weighted by Crippen LogP contribution is -2.21. The van der Waals surface area contributed by atoms with Gasteiger partial charge in [-0.05, 0) is 43.7 Å². The third-order valence-electron chi connectivity index (χ3n) is 3.35. The van der Waals surface area contributed by atoms with E-state index in [-0.39, 0.29) is 17.5 Å². The second-order valence-electron chi connectivity index (χ2n) is 5.00. The van der Waals surface area contributed by atoms with Crippen molar-refractivity contribution in [1.82, 2.24) is 9.55 Å². The smallest absolute Gasteiger partial charge is 0.330 e. The number of aromatic nitrogens is 2. The number of H-pyrrole nitrogens is 1. The normalized spacial score (nSPS) is 12.1. The van der Waals surface area contributed by atoms with E-state index in [4.69, 9.17) is 5.73 Å². The van der Waals surface area contributed by atoms with Crippen LogP contribution in [0, 0.1) is 5.92 Å². The summed E-state index contributed by atoms with van der Waals surface area (Å²) in [5.41, 5.74) is 6.71. The molecule has 1 atom stereocenters. The molecule has 6 heteroatoms. The Morgan fingerprint density at radius 1 is 1.38 bits per heavy atom. The second kappa shape index (κ2) is 6.90. The molecule has 4 N–H and O–H groups in total. The Kier molecular flexibility index (Phi) is 4.94. The van der Waals surface area contributed by atoms with Gasteiger partial charge in [0.15, 0.2) is 0 Å². The molecular formula is C15H20N4O2. The average Bonchev–Trinajstić information content (AvgIpc) is 2.91. The number of imidazole rings is 1. The first-order chi connectivity index (χ1) is 10.1. The summed E-state index contributed by atoms with van der Waals surface area (Å²) in [6.07, 6.45) is 4.85. The number of nitrogens with zero attached hydrogens (tertiary/aromatic N) is 1. The Labute approximate surface area is 123 Å². The maximum Gasteiger partial charge on any atom is 0.330 e. The van der Waals surface area contributed by atoms with E-state index in [0.29, 0.717) is 12.2 Å². The van der Waals surface area contributed by atoms with Crippen molar-refractivity contribution >= 4 is 11.6 Å². The molecule has 0 bridgehead atoms. The molecule has 1 aromatic heterocycles. The first kappa shape index (κ1) is 15.1. The predicted octanol–water partition coefficient (Wildman–Crippen LogP) is 1.48. The van der Waals surface area contributed by atoms with Crippen LogP contribution in [0.1, 0.15) is 19.8 Å². The lowest BCUT2D eigenvalue weighted by Gasteiger charge is -2.12. The summed E-state index contributed by atoms with van der Waals surface area (Å²) in [5.74, 6) is -0.0875. The summed E-state index contributed by atoms with van der Waals surface area (Å²) in [6, 6.07) is 7.13. The van der Waals surface area contributed by atoms with Crippen LogP contribution in [0.3, 0.4) is 0 Å². The van der Waals surface area contributed by atoms with Gasteiger partial charge in [-0.15, -0.1) is 0 Å². The molecule has 1 heterocycles. The van der Waals surface area contributed by atoms with Gasteiger partial charge in [-0.25, -0.2) is 4.79 Å². The zero-order chi connectivity index (χ0) is 15.2. The second-order valence-corrected chi connectivity index (χ2v) is 5.00. The van der Waals surface area contributed by atoms with Gasteiger partial charge in [0.25, 0.3) is 0 Å². The van der Waals surface area contributed by atoms with Crippen LogP contribution in [0.15, 0.2) is 41.5 Å². The number of amides is 1. The molecule has 0 aliphatic rings. The number of carbonyl (C=O) groups excluding carboxylic acids is 1. The Morgan fingerprint density at radius 3 is 2.67 bits per heavy atom.